The molecule has 0 aliphatic carbocycles. The maximum Gasteiger partial charge on any atom is 0.251 e. The molecular weight excluding hydrogens is 372 g/mol. The first-order chi connectivity index (χ1) is 14.2. The highest BCUT2D eigenvalue weighted by molar-refractivity contribution is 5.93. The number of furan rings is 2. The fraction of sp³-hybridized carbons (Fsp3) is 0.190. The van der Waals surface area contributed by atoms with Crippen molar-refractivity contribution >= 4 is 5.91 Å². The van der Waals surface area contributed by atoms with E-state index >= 15 is 0 Å². The summed E-state index contributed by atoms with van der Waals surface area (Å²) in [4.78, 5) is 18.3. The number of rotatable bonds is 8. The molecule has 8 heteroatoms. The molecule has 1 N–H and O–H groups in total. The van der Waals surface area contributed by atoms with Crippen LogP contribution in [-0.4, -0.2) is 28.0 Å². The molecule has 0 spiro atoms. The Bertz CT molecular complexity index is 1040. The summed E-state index contributed by atoms with van der Waals surface area (Å²) in [6.07, 6.45) is 3.21. The fourth-order valence-corrected chi connectivity index (χ4v) is 2.97. The Labute approximate surface area is 167 Å². The minimum atomic E-state index is -0.111. The van der Waals surface area contributed by atoms with E-state index < -0.39 is 0 Å². The summed E-state index contributed by atoms with van der Waals surface area (Å²) in [7, 11) is 1.61. The van der Waals surface area contributed by atoms with Gasteiger partial charge in [0.15, 0.2) is 5.76 Å². The molecule has 0 saturated carbocycles. The molecule has 0 radical (unpaired) electrons. The molecule has 0 unspecified atom stereocenters. The van der Waals surface area contributed by atoms with Gasteiger partial charge >= 0.3 is 0 Å². The van der Waals surface area contributed by atoms with Crippen LogP contribution in [-0.2, 0) is 19.6 Å². The lowest BCUT2D eigenvalue weighted by Gasteiger charge is -2.19. The number of hydrogen-bond donors (Lipinski definition) is 1. The normalized spacial score (nSPS) is 11.1. The average Bonchev–Trinajstić information content (AvgIpc) is 3.50. The van der Waals surface area contributed by atoms with Gasteiger partial charge in [-0.05, 0) is 42.0 Å². The van der Waals surface area contributed by atoms with E-state index in [1.165, 1.54) is 0 Å². The second-order valence-corrected chi connectivity index (χ2v) is 6.49. The van der Waals surface area contributed by atoms with Gasteiger partial charge in [-0.3, -0.25) is 9.69 Å². The van der Waals surface area contributed by atoms with Crippen molar-refractivity contribution in [3.05, 3.63) is 83.8 Å². The van der Waals surface area contributed by atoms with Crippen molar-refractivity contribution in [1.29, 1.82) is 0 Å². The summed E-state index contributed by atoms with van der Waals surface area (Å²) < 4.78 is 16.2. The van der Waals surface area contributed by atoms with Crippen molar-refractivity contribution in [2.24, 2.45) is 0 Å². The molecule has 0 bridgehead atoms. The van der Waals surface area contributed by atoms with Crippen molar-refractivity contribution in [2.75, 3.05) is 7.05 Å². The zero-order valence-corrected chi connectivity index (χ0v) is 15.9. The van der Waals surface area contributed by atoms with Crippen LogP contribution in [0.2, 0.25) is 0 Å². The lowest BCUT2D eigenvalue weighted by molar-refractivity contribution is 0.0963. The van der Waals surface area contributed by atoms with E-state index in [9.17, 15) is 4.79 Å². The second kappa shape index (κ2) is 8.57. The molecule has 148 valence electrons. The number of nitrogens with zero attached hydrogens (tertiary/aromatic N) is 3. The Morgan fingerprint density at radius 1 is 1.00 bits per heavy atom. The summed E-state index contributed by atoms with van der Waals surface area (Å²) in [5.41, 5.74) is 1.67. The monoisotopic (exact) mass is 392 g/mol. The van der Waals surface area contributed by atoms with Crippen LogP contribution in [0, 0.1) is 0 Å². The summed E-state index contributed by atoms with van der Waals surface area (Å²) in [6, 6.07) is 14.8. The summed E-state index contributed by atoms with van der Waals surface area (Å²) in [5, 5.41) is 6.60. The van der Waals surface area contributed by atoms with Gasteiger partial charge < -0.3 is 18.7 Å². The van der Waals surface area contributed by atoms with Crippen LogP contribution < -0.4 is 5.32 Å². The number of amides is 1. The lowest BCUT2D eigenvalue weighted by atomic mass is 10.1. The van der Waals surface area contributed by atoms with E-state index in [0.717, 1.165) is 11.3 Å². The third-order valence-electron chi connectivity index (χ3n) is 4.38. The third kappa shape index (κ3) is 4.61. The van der Waals surface area contributed by atoms with Gasteiger partial charge in [0.2, 0.25) is 11.7 Å². The van der Waals surface area contributed by atoms with E-state index in [4.69, 9.17) is 13.4 Å². The van der Waals surface area contributed by atoms with Crippen LogP contribution in [0.4, 0.5) is 0 Å². The van der Waals surface area contributed by atoms with Crippen molar-refractivity contribution in [1.82, 2.24) is 20.4 Å². The zero-order chi connectivity index (χ0) is 20.1. The van der Waals surface area contributed by atoms with Gasteiger partial charge in [0.05, 0.1) is 25.6 Å². The first kappa shape index (κ1) is 18.7. The Kier molecular flexibility index (Phi) is 5.53. The number of aromatic nitrogens is 2. The second-order valence-electron chi connectivity index (χ2n) is 6.49. The van der Waals surface area contributed by atoms with Gasteiger partial charge in [0.1, 0.15) is 5.76 Å². The lowest BCUT2D eigenvalue weighted by Crippen LogP contribution is -2.22. The summed E-state index contributed by atoms with van der Waals surface area (Å²) in [6.45, 7) is 1.63. The molecule has 3 aromatic heterocycles. The minimum absolute atomic E-state index is 0.111. The first-order valence-electron chi connectivity index (χ1n) is 9.13. The average molecular weight is 392 g/mol. The molecule has 1 amide bonds. The largest absolute Gasteiger partial charge is 0.468 e. The van der Waals surface area contributed by atoms with E-state index in [1.54, 1.807) is 43.8 Å². The maximum absolute atomic E-state index is 11.7. The first-order valence-corrected chi connectivity index (χ1v) is 9.13. The van der Waals surface area contributed by atoms with Crippen LogP contribution in [0.5, 0.6) is 0 Å². The van der Waals surface area contributed by atoms with Gasteiger partial charge in [-0.15, -0.1) is 0 Å². The molecule has 4 aromatic rings. The van der Waals surface area contributed by atoms with Crippen LogP contribution in [0.1, 0.15) is 27.6 Å². The molecule has 1 aromatic carbocycles. The highest BCUT2D eigenvalue weighted by atomic mass is 16.5. The molecule has 0 saturated heterocycles. The molecule has 0 aliphatic rings. The molecule has 8 nitrogen and oxygen atoms in total. The van der Waals surface area contributed by atoms with Gasteiger partial charge in [-0.2, -0.15) is 4.98 Å². The van der Waals surface area contributed by atoms with E-state index in [1.807, 2.05) is 24.3 Å². The van der Waals surface area contributed by atoms with Crippen molar-refractivity contribution < 1.29 is 18.2 Å². The van der Waals surface area contributed by atoms with Gasteiger partial charge in [0, 0.05) is 19.2 Å². The smallest absolute Gasteiger partial charge is 0.251 e. The highest BCUT2D eigenvalue weighted by Gasteiger charge is 2.16. The topological polar surface area (TPSA) is 97.5 Å². The summed E-state index contributed by atoms with van der Waals surface area (Å²) >= 11 is 0. The van der Waals surface area contributed by atoms with Crippen LogP contribution >= 0.6 is 0 Å². The van der Waals surface area contributed by atoms with Crippen molar-refractivity contribution in [2.45, 2.75) is 19.6 Å². The molecule has 0 atom stereocenters. The minimum Gasteiger partial charge on any atom is -0.468 e. The van der Waals surface area contributed by atoms with Crippen molar-refractivity contribution in [3.8, 4) is 11.6 Å². The van der Waals surface area contributed by atoms with Gasteiger partial charge in [-0.1, -0.05) is 17.3 Å². The highest BCUT2D eigenvalue weighted by Crippen LogP contribution is 2.18. The Morgan fingerprint density at radius 2 is 1.79 bits per heavy atom. The number of carbonyl (C=O) groups is 1. The van der Waals surface area contributed by atoms with E-state index in [0.29, 0.717) is 42.7 Å². The third-order valence-corrected chi connectivity index (χ3v) is 4.38. The van der Waals surface area contributed by atoms with Crippen LogP contribution in [0.3, 0.4) is 0 Å². The number of hydrogen-bond acceptors (Lipinski definition) is 7. The van der Waals surface area contributed by atoms with Gasteiger partial charge in [-0.25, -0.2) is 0 Å². The maximum atomic E-state index is 11.7. The molecule has 3 heterocycles. The quantitative estimate of drug-likeness (QED) is 0.490. The molecular formula is C21H20N4O4. The van der Waals surface area contributed by atoms with E-state index in [2.05, 4.69) is 20.4 Å². The molecule has 4 rings (SSSR count). The molecule has 0 aliphatic heterocycles. The Morgan fingerprint density at radius 3 is 2.48 bits per heavy atom. The summed E-state index contributed by atoms with van der Waals surface area (Å²) in [5.74, 6) is 2.17. The van der Waals surface area contributed by atoms with Gasteiger partial charge in [0.25, 0.3) is 5.91 Å². The molecule has 0 fully saturated rings. The predicted octanol–water partition coefficient (Wildman–Crippen LogP) is 3.48. The van der Waals surface area contributed by atoms with Crippen molar-refractivity contribution in [3.63, 3.8) is 0 Å². The van der Waals surface area contributed by atoms with Crippen LogP contribution in [0.15, 0.2) is 74.4 Å². The standard InChI is InChI=1S/C21H20N4O4/c1-22-21(26)16-8-6-15(7-9-16)12-25(13-17-4-2-10-27-17)14-19-23-20(24-29-19)18-5-3-11-28-18/h2-11H,12-14H2,1H3,(H,22,26). The fourth-order valence-electron chi connectivity index (χ4n) is 2.97. The SMILES string of the molecule is CNC(=O)c1ccc(CN(Cc2ccco2)Cc2nc(-c3ccco3)no2)cc1. The Balaban J connectivity index is 1.50. The van der Waals surface area contributed by atoms with Crippen LogP contribution in [0.25, 0.3) is 11.6 Å². The number of benzene rings is 1. The zero-order valence-electron chi connectivity index (χ0n) is 15.9. The molecule has 29 heavy (non-hydrogen) atoms. The van der Waals surface area contributed by atoms with E-state index in [-0.39, 0.29) is 5.91 Å². The number of carbonyl (C=O) groups excluding carboxylic acids is 1. The predicted molar refractivity (Wildman–Crippen MR) is 103 cm³/mol. The number of nitrogens with one attached hydrogen (secondary N) is 1. The Hall–Kier alpha value is -3.65.